The first-order chi connectivity index (χ1) is 4.46. The minimum atomic E-state index is -0.613. The Balaban J connectivity index is 3.98. The van der Waals surface area contributed by atoms with Crippen molar-refractivity contribution in [2.75, 3.05) is 26.6 Å². The molecule has 0 spiro atoms. The minimum Gasteiger partial charge on any atom is -0.247 e. The number of hydrogen-bond acceptors (Lipinski definition) is 2. The van der Waals surface area contributed by atoms with Crippen LogP contribution in [0.25, 0.3) is 0 Å². The molecule has 0 saturated carbocycles. The smallest absolute Gasteiger partial charge is 0.137 e. The predicted molar refractivity (Wildman–Crippen MR) is 55.2 cm³/mol. The lowest BCUT2D eigenvalue weighted by Crippen LogP contribution is -2.41. The fraction of sp³-hybridized carbons (Fsp3) is 1.00. The molecule has 0 aliphatic carbocycles. The predicted octanol–water partition coefficient (Wildman–Crippen LogP) is 0.924. The molecule has 0 amide bonds. The second-order valence-corrected chi connectivity index (χ2v) is 8.32. The molecule has 0 radical (unpaired) electrons. The van der Waals surface area contributed by atoms with E-state index in [0.717, 1.165) is 0 Å². The third-order valence-electron chi connectivity index (χ3n) is 1.28. The van der Waals surface area contributed by atoms with Gasteiger partial charge in [-0.3, -0.25) is 0 Å². The summed E-state index contributed by atoms with van der Waals surface area (Å²) in [5, 5.41) is 2.24. The van der Waals surface area contributed by atoms with Crippen LogP contribution < -0.4 is 0 Å². The molecule has 0 N–H and O–H groups in total. The lowest BCUT2D eigenvalue weighted by Gasteiger charge is -2.37. The van der Waals surface area contributed by atoms with Gasteiger partial charge in [-0.25, -0.2) is 9.09 Å². The number of rotatable bonds is 3. The Bertz CT molecular complexity index is 76.7. The van der Waals surface area contributed by atoms with Gasteiger partial charge in [0.15, 0.2) is 0 Å². The normalized spacial score (nSPS) is 13.5. The summed E-state index contributed by atoms with van der Waals surface area (Å²) in [6.45, 7) is 4.73. The molecule has 0 fully saturated rings. The molecule has 0 aliphatic rings. The summed E-state index contributed by atoms with van der Waals surface area (Å²) in [7, 11) is 3.66. The molecule has 0 aromatic heterocycles. The number of thiol groups is 1. The van der Waals surface area contributed by atoms with E-state index < -0.39 is 8.96 Å². The highest BCUT2D eigenvalue weighted by Crippen LogP contribution is 2.23. The van der Waals surface area contributed by atoms with Crippen molar-refractivity contribution in [1.82, 2.24) is 9.09 Å². The highest BCUT2D eigenvalue weighted by molar-refractivity contribution is 8.14. The Morgan fingerprint density at radius 2 is 1.50 bits per heavy atom. The Hall–Kier alpha value is 0.487. The van der Waals surface area contributed by atoms with E-state index in [9.17, 15) is 0 Å². The minimum absolute atomic E-state index is 0.0782. The summed E-state index contributed by atoms with van der Waals surface area (Å²) in [4.78, 5) is 0. The molecule has 0 saturated heterocycles. The van der Waals surface area contributed by atoms with Crippen molar-refractivity contribution in [2.24, 2.45) is 0 Å². The average Bonchev–Trinajstić information content (AvgIpc) is 1.59. The average molecular weight is 180 g/mol. The maximum Gasteiger partial charge on any atom is 0.137 e. The molecular weight excluding hydrogens is 160 g/mol. The van der Waals surface area contributed by atoms with Gasteiger partial charge in [-0.05, 0) is 12.5 Å². The molecule has 0 bridgehead atoms. The molecule has 4 heteroatoms. The summed E-state index contributed by atoms with van der Waals surface area (Å²) in [6, 6.07) is 0. The van der Waals surface area contributed by atoms with Gasteiger partial charge in [-0.15, -0.1) is 0 Å². The van der Waals surface area contributed by atoms with Crippen LogP contribution in [0.5, 0.6) is 0 Å². The van der Waals surface area contributed by atoms with Crippen LogP contribution in [0.1, 0.15) is 0 Å². The Morgan fingerprint density at radius 1 is 1.10 bits per heavy atom. The molecule has 0 heterocycles. The molecule has 0 unspecified atom stereocenters. The molecule has 64 valence electrons. The SMILES string of the molecule is CN(C)N([SiH](C)C)[SH](C)C. The first-order valence-corrected chi connectivity index (χ1v) is 8.62. The van der Waals surface area contributed by atoms with Crippen LogP contribution in [0.2, 0.25) is 13.1 Å². The van der Waals surface area contributed by atoms with E-state index in [0.29, 0.717) is 0 Å². The number of hydrogen-bond donors (Lipinski definition) is 1. The standard InChI is InChI=1S/C6H20N2SSi/c1-7(2)8(9(3)4)10(5)6/h9-10H,1-6H3. The fourth-order valence-corrected chi connectivity index (χ4v) is 6.62. The zero-order valence-electron chi connectivity index (χ0n) is 7.92. The van der Waals surface area contributed by atoms with Crippen molar-refractivity contribution in [3.8, 4) is 0 Å². The largest absolute Gasteiger partial charge is 0.247 e. The van der Waals surface area contributed by atoms with Crippen molar-refractivity contribution in [3.63, 3.8) is 0 Å². The van der Waals surface area contributed by atoms with Crippen molar-refractivity contribution in [1.29, 1.82) is 0 Å². The van der Waals surface area contributed by atoms with Gasteiger partial charge in [0.05, 0.1) is 0 Å². The Labute approximate surface area is 69.3 Å². The molecule has 2 nitrogen and oxygen atoms in total. The van der Waals surface area contributed by atoms with Crippen molar-refractivity contribution < 1.29 is 0 Å². The number of nitrogens with zero attached hydrogens (tertiary/aromatic N) is 2. The molecule has 0 atom stereocenters. The Kier molecular flexibility index (Phi) is 4.60. The maximum atomic E-state index is 2.54. The third kappa shape index (κ3) is 3.05. The molecule has 0 aromatic rings. The van der Waals surface area contributed by atoms with E-state index in [4.69, 9.17) is 0 Å². The molecular formula is C6H20N2SSi. The summed E-state index contributed by atoms with van der Waals surface area (Å²) >= 11 is 0.0782. The molecule has 0 aromatic carbocycles. The van der Waals surface area contributed by atoms with Crippen molar-refractivity contribution >= 4 is 20.0 Å². The second-order valence-electron chi connectivity index (χ2n) is 3.11. The van der Waals surface area contributed by atoms with Gasteiger partial charge >= 0.3 is 0 Å². The van der Waals surface area contributed by atoms with Gasteiger partial charge in [0.2, 0.25) is 0 Å². The monoisotopic (exact) mass is 180 g/mol. The van der Waals surface area contributed by atoms with E-state index in [1.54, 1.807) is 0 Å². The summed E-state index contributed by atoms with van der Waals surface area (Å²) in [5.41, 5.74) is 0. The Morgan fingerprint density at radius 3 is 1.50 bits per heavy atom. The van der Waals surface area contributed by atoms with Gasteiger partial charge in [0, 0.05) is 14.1 Å². The molecule has 0 rings (SSSR count). The van der Waals surface area contributed by atoms with Gasteiger partial charge in [-0.1, -0.05) is 13.1 Å². The van der Waals surface area contributed by atoms with Crippen LogP contribution in [0, 0.1) is 0 Å². The van der Waals surface area contributed by atoms with E-state index in [2.05, 4.69) is 48.8 Å². The van der Waals surface area contributed by atoms with Crippen molar-refractivity contribution in [2.45, 2.75) is 13.1 Å². The highest BCUT2D eigenvalue weighted by Gasteiger charge is 2.13. The van der Waals surface area contributed by atoms with Crippen LogP contribution in [0.4, 0.5) is 0 Å². The molecule has 0 aliphatic heterocycles. The van der Waals surface area contributed by atoms with Gasteiger partial charge < -0.3 is 0 Å². The third-order valence-corrected chi connectivity index (χ3v) is 6.62. The summed E-state index contributed by atoms with van der Waals surface area (Å²) in [5.74, 6) is 0. The second kappa shape index (κ2) is 4.38. The first kappa shape index (κ1) is 10.5. The first-order valence-electron chi connectivity index (χ1n) is 3.60. The van der Waals surface area contributed by atoms with E-state index in [1.807, 2.05) is 0 Å². The fourth-order valence-electron chi connectivity index (χ4n) is 1.28. The summed E-state index contributed by atoms with van der Waals surface area (Å²) in [6.07, 6.45) is 4.62. The molecule has 10 heavy (non-hydrogen) atoms. The van der Waals surface area contributed by atoms with E-state index in [1.165, 1.54) is 0 Å². The lowest BCUT2D eigenvalue weighted by molar-refractivity contribution is 0.237. The zero-order valence-corrected chi connectivity index (χ0v) is 9.97. The maximum absolute atomic E-state index is 2.54. The van der Waals surface area contributed by atoms with Gasteiger partial charge in [-0.2, -0.15) is 11.1 Å². The van der Waals surface area contributed by atoms with E-state index in [-0.39, 0.29) is 11.1 Å². The van der Waals surface area contributed by atoms with Crippen LogP contribution in [-0.2, 0) is 0 Å². The van der Waals surface area contributed by atoms with Crippen LogP contribution >= 0.6 is 11.1 Å². The van der Waals surface area contributed by atoms with Crippen LogP contribution in [0.3, 0.4) is 0 Å². The van der Waals surface area contributed by atoms with Crippen molar-refractivity contribution in [3.05, 3.63) is 0 Å². The quantitative estimate of drug-likeness (QED) is 0.392. The van der Waals surface area contributed by atoms with E-state index >= 15 is 0 Å². The summed E-state index contributed by atoms with van der Waals surface area (Å²) < 4.78 is 2.54. The van der Waals surface area contributed by atoms with Gasteiger partial charge in [0.1, 0.15) is 8.96 Å². The van der Waals surface area contributed by atoms with Crippen LogP contribution in [-0.4, -0.2) is 44.7 Å². The highest BCUT2D eigenvalue weighted by atomic mass is 32.2. The zero-order chi connectivity index (χ0) is 8.31. The lowest BCUT2D eigenvalue weighted by atomic mass is 11.2. The van der Waals surface area contributed by atoms with Crippen LogP contribution in [0.15, 0.2) is 0 Å². The van der Waals surface area contributed by atoms with Gasteiger partial charge in [0.25, 0.3) is 0 Å². The number of hydrazine groups is 1. The topological polar surface area (TPSA) is 6.48 Å².